The highest BCUT2D eigenvalue weighted by Crippen LogP contribution is 2.24. The zero-order valence-corrected chi connectivity index (χ0v) is 14.6. The lowest BCUT2D eigenvalue weighted by atomic mass is 10.1. The van der Waals surface area contributed by atoms with Crippen molar-refractivity contribution in [1.82, 2.24) is 5.32 Å². The number of urea groups is 1. The minimum Gasteiger partial charge on any atom is -0.508 e. The number of hydrogen-bond donors (Lipinski definition) is 2. The molecular formula is C20H18N2O5. The Morgan fingerprint density at radius 2 is 1.70 bits per heavy atom. The van der Waals surface area contributed by atoms with Gasteiger partial charge in [-0.25, -0.2) is 9.69 Å². The molecule has 27 heavy (non-hydrogen) atoms. The number of nitrogens with one attached hydrogen (secondary N) is 1. The molecule has 7 nitrogen and oxygen atoms in total. The lowest BCUT2D eigenvalue weighted by Gasteiger charge is -2.26. The topological polar surface area (TPSA) is 95.9 Å². The molecule has 1 heterocycles. The van der Waals surface area contributed by atoms with Crippen LogP contribution in [-0.4, -0.2) is 29.6 Å². The van der Waals surface area contributed by atoms with Gasteiger partial charge in [0.2, 0.25) is 0 Å². The molecule has 0 bridgehead atoms. The van der Waals surface area contributed by atoms with Gasteiger partial charge < -0.3 is 9.84 Å². The van der Waals surface area contributed by atoms with E-state index >= 15 is 0 Å². The Morgan fingerprint density at radius 1 is 1.04 bits per heavy atom. The summed E-state index contributed by atoms with van der Waals surface area (Å²) >= 11 is 0. The Hall–Kier alpha value is -3.61. The number of barbiturate groups is 1. The number of rotatable bonds is 5. The minimum atomic E-state index is -0.837. The second kappa shape index (κ2) is 7.74. The minimum absolute atomic E-state index is 0.000778. The molecule has 1 saturated heterocycles. The van der Waals surface area contributed by atoms with Gasteiger partial charge in [0.15, 0.2) is 0 Å². The summed E-state index contributed by atoms with van der Waals surface area (Å²) < 4.78 is 5.50. The van der Waals surface area contributed by atoms with Gasteiger partial charge in [0.05, 0.1) is 12.3 Å². The van der Waals surface area contributed by atoms with Crippen LogP contribution in [0.5, 0.6) is 11.5 Å². The van der Waals surface area contributed by atoms with Gasteiger partial charge in [-0.2, -0.15) is 0 Å². The first kappa shape index (κ1) is 18.2. The molecule has 0 aliphatic carbocycles. The number of ether oxygens (including phenoxy) is 1. The van der Waals surface area contributed by atoms with Gasteiger partial charge in [0.25, 0.3) is 11.8 Å². The van der Waals surface area contributed by atoms with E-state index in [9.17, 15) is 19.5 Å². The van der Waals surface area contributed by atoms with Crippen LogP contribution in [-0.2, 0) is 9.59 Å². The Balaban J connectivity index is 1.88. The van der Waals surface area contributed by atoms with Gasteiger partial charge in [-0.1, -0.05) is 19.1 Å². The van der Waals surface area contributed by atoms with E-state index in [2.05, 4.69) is 5.32 Å². The summed E-state index contributed by atoms with van der Waals surface area (Å²) in [6.07, 6.45) is 2.31. The first-order valence-corrected chi connectivity index (χ1v) is 8.43. The Kier molecular flexibility index (Phi) is 5.21. The normalized spacial score (nSPS) is 15.8. The lowest BCUT2D eigenvalue weighted by molar-refractivity contribution is -0.122. The van der Waals surface area contributed by atoms with E-state index in [-0.39, 0.29) is 17.0 Å². The smallest absolute Gasteiger partial charge is 0.335 e. The summed E-state index contributed by atoms with van der Waals surface area (Å²) in [4.78, 5) is 37.8. The third kappa shape index (κ3) is 3.98. The average Bonchev–Trinajstić information content (AvgIpc) is 2.66. The fraction of sp³-hybridized carbons (Fsp3) is 0.150. The maximum atomic E-state index is 12.7. The quantitative estimate of drug-likeness (QED) is 0.627. The summed E-state index contributed by atoms with van der Waals surface area (Å²) in [5, 5.41) is 11.5. The number of phenols is 1. The Morgan fingerprint density at radius 3 is 2.33 bits per heavy atom. The van der Waals surface area contributed by atoms with Crippen molar-refractivity contribution in [3.8, 4) is 11.5 Å². The zero-order valence-electron chi connectivity index (χ0n) is 14.6. The Labute approximate surface area is 155 Å². The van der Waals surface area contributed by atoms with E-state index in [0.29, 0.717) is 17.9 Å². The molecule has 2 aromatic rings. The van der Waals surface area contributed by atoms with E-state index < -0.39 is 17.8 Å². The van der Waals surface area contributed by atoms with Crippen molar-refractivity contribution >= 4 is 29.6 Å². The molecule has 0 unspecified atom stereocenters. The van der Waals surface area contributed by atoms with Gasteiger partial charge in [-0.15, -0.1) is 0 Å². The number of aromatic hydroxyl groups is 1. The molecule has 0 atom stereocenters. The summed E-state index contributed by atoms with van der Waals surface area (Å²) in [6.45, 7) is 2.61. The van der Waals surface area contributed by atoms with Crippen LogP contribution in [0.4, 0.5) is 10.5 Å². The van der Waals surface area contributed by atoms with Crippen molar-refractivity contribution in [2.45, 2.75) is 13.3 Å². The number of hydrogen-bond acceptors (Lipinski definition) is 5. The van der Waals surface area contributed by atoms with Crippen molar-refractivity contribution in [2.24, 2.45) is 0 Å². The first-order chi connectivity index (χ1) is 13.0. The van der Waals surface area contributed by atoms with E-state index in [1.165, 1.54) is 30.3 Å². The van der Waals surface area contributed by atoms with E-state index in [1.54, 1.807) is 24.3 Å². The number of carbonyl (C=O) groups excluding carboxylic acids is 3. The molecule has 1 aliphatic heterocycles. The number of imide groups is 2. The predicted octanol–water partition coefficient (Wildman–Crippen LogP) is 2.85. The summed E-state index contributed by atoms with van der Waals surface area (Å²) in [6, 6.07) is 11.6. The number of nitrogens with zero attached hydrogens (tertiary/aromatic N) is 1. The number of carbonyl (C=O) groups is 3. The molecule has 0 radical (unpaired) electrons. The van der Waals surface area contributed by atoms with Gasteiger partial charge in [0, 0.05) is 0 Å². The fourth-order valence-corrected chi connectivity index (χ4v) is 2.54. The SMILES string of the molecule is CCCOc1ccc(/C=C2\C(=O)NC(=O)N(c3ccc(O)cc3)C2=O)cc1. The average molecular weight is 366 g/mol. The first-order valence-electron chi connectivity index (χ1n) is 8.43. The van der Waals surface area contributed by atoms with Crippen molar-refractivity contribution in [2.75, 3.05) is 11.5 Å². The predicted molar refractivity (Wildman–Crippen MR) is 99.3 cm³/mol. The monoisotopic (exact) mass is 366 g/mol. The maximum Gasteiger partial charge on any atom is 0.335 e. The van der Waals surface area contributed by atoms with Crippen molar-refractivity contribution < 1.29 is 24.2 Å². The maximum absolute atomic E-state index is 12.7. The number of benzene rings is 2. The van der Waals surface area contributed by atoms with Crippen LogP contribution < -0.4 is 15.0 Å². The van der Waals surface area contributed by atoms with Crippen LogP contribution in [0, 0.1) is 0 Å². The van der Waals surface area contributed by atoms with Gasteiger partial charge in [0.1, 0.15) is 17.1 Å². The second-order valence-corrected chi connectivity index (χ2v) is 5.89. The van der Waals surface area contributed by atoms with Gasteiger partial charge in [-0.05, 0) is 54.5 Å². The molecule has 0 spiro atoms. The molecule has 0 aromatic heterocycles. The molecule has 138 valence electrons. The number of amides is 4. The van der Waals surface area contributed by atoms with Crippen LogP contribution >= 0.6 is 0 Å². The molecule has 7 heteroatoms. The third-order valence-electron chi connectivity index (χ3n) is 3.87. The third-order valence-corrected chi connectivity index (χ3v) is 3.87. The van der Waals surface area contributed by atoms with Crippen LogP contribution in [0.2, 0.25) is 0 Å². The van der Waals surface area contributed by atoms with E-state index in [0.717, 1.165) is 11.3 Å². The van der Waals surface area contributed by atoms with Crippen molar-refractivity contribution in [3.05, 3.63) is 59.7 Å². The van der Waals surface area contributed by atoms with Crippen LogP contribution in [0.1, 0.15) is 18.9 Å². The lowest BCUT2D eigenvalue weighted by Crippen LogP contribution is -2.54. The van der Waals surface area contributed by atoms with E-state index in [1.807, 2.05) is 6.92 Å². The summed E-state index contributed by atoms with van der Waals surface area (Å²) in [5.41, 5.74) is 0.708. The van der Waals surface area contributed by atoms with Crippen molar-refractivity contribution in [1.29, 1.82) is 0 Å². The van der Waals surface area contributed by atoms with E-state index in [4.69, 9.17) is 4.74 Å². The highest BCUT2D eigenvalue weighted by Gasteiger charge is 2.36. The second-order valence-electron chi connectivity index (χ2n) is 5.89. The van der Waals surface area contributed by atoms with Crippen molar-refractivity contribution in [3.63, 3.8) is 0 Å². The molecular weight excluding hydrogens is 348 g/mol. The molecule has 1 fully saturated rings. The number of anilines is 1. The molecule has 2 N–H and O–H groups in total. The molecule has 3 rings (SSSR count). The largest absolute Gasteiger partial charge is 0.508 e. The molecule has 2 aromatic carbocycles. The van der Waals surface area contributed by atoms with Gasteiger partial charge >= 0.3 is 6.03 Å². The molecule has 0 saturated carbocycles. The molecule has 4 amide bonds. The standard InChI is InChI=1S/C20H18N2O5/c1-2-11-27-16-9-3-13(4-10-16)12-17-18(24)21-20(26)22(19(17)25)14-5-7-15(23)8-6-14/h3-10,12,23H,2,11H2,1H3,(H,21,24,26)/b17-12+. The summed E-state index contributed by atoms with van der Waals surface area (Å²) in [7, 11) is 0. The highest BCUT2D eigenvalue weighted by atomic mass is 16.5. The van der Waals surface area contributed by atoms with Crippen LogP contribution in [0.15, 0.2) is 54.1 Å². The van der Waals surface area contributed by atoms with Crippen LogP contribution in [0.25, 0.3) is 6.08 Å². The number of phenolic OH excluding ortho intramolecular Hbond substituents is 1. The highest BCUT2D eigenvalue weighted by molar-refractivity contribution is 6.39. The van der Waals surface area contributed by atoms with Gasteiger partial charge in [-0.3, -0.25) is 14.9 Å². The summed E-state index contributed by atoms with van der Waals surface area (Å²) in [5.74, 6) is -0.799. The molecule has 1 aliphatic rings. The Bertz CT molecular complexity index is 901. The zero-order chi connectivity index (χ0) is 19.4. The van der Waals surface area contributed by atoms with Crippen LogP contribution in [0.3, 0.4) is 0 Å². The fourth-order valence-electron chi connectivity index (χ4n) is 2.54.